The predicted octanol–water partition coefficient (Wildman–Crippen LogP) is 2.53. The van der Waals surface area contributed by atoms with Gasteiger partial charge >= 0.3 is 0 Å². The minimum atomic E-state index is -0.0390. The van der Waals surface area contributed by atoms with E-state index >= 15 is 0 Å². The van der Waals surface area contributed by atoms with Crippen molar-refractivity contribution in [1.29, 1.82) is 0 Å². The van der Waals surface area contributed by atoms with Crippen LogP contribution in [0.15, 0.2) is 36.1 Å². The highest BCUT2D eigenvalue weighted by Gasteiger charge is 2.49. The van der Waals surface area contributed by atoms with Crippen LogP contribution in [0.5, 0.6) is 0 Å². The van der Waals surface area contributed by atoms with Gasteiger partial charge in [0.15, 0.2) is 0 Å². The molecule has 114 valence electrons. The maximum absolute atomic E-state index is 12.7. The first-order valence-electron chi connectivity index (χ1n) is 7.66. The summed E-state index contributed by atoms with van der Waals surface area (Å²) in [6.45, 7) is 0.782. The molecule has 3 heterocycles. The van der Waals surface area contributed by atoms with E-state index in [0.717, 1.165) is 30.1 Å². The molecule has 1 aliphatic heterocycles. The molecule has 0 aromatic carbocycles. The third-order valence-corrected chi connectivity index (χ3v) is 5.48. The van der Waals surface area contributed by atoms with Crippen LogP contribution in [0.3, 0.4) is 0 Å². The molecule has 0 spiro atoms. The van der Waals surface area contributed by atoms with Crippen molar-refractivity contribution >= 4 is 22.9 Å². The second-order valence-electron chi connectivity index (χ2n) is 6.00. The molecule has 2 fully saturated rings. The van der Waals surface area contributed by atoms with Gasteiger partial charge in [0.05, 0.1) is 24.5 Å². The van der Waals surface area contributed by atoms with Gasteiger partial charge in [0.1, 0.15) is 5.01 Å². The second-order valence-corrected chi connectivity index (χ2v) is 6.98. The Kier molecular flexibility index (Phi) is 3.63. The first-order chi connectivity index (χ1) is 10.8. The molecule has 3 atom stereocenters. The molecule has 2 aromatic rings. The number of rotatable bonds is 4. The highest BCUT2D eigenvalue weighted by Crippen LogP contribution is 2.43. The molecule has 1 aliphatic carbocycles. The van der Waals surface area contributed by atoms with E-state index in [9.17, 15) is 4.79 Å². The van der Waals surface area contributed by atoms with E-state index in [1.165, 1.54) is 6.42 Å². The van der Waals surface area contributed by atoms with Crippen molar-refractivity contribution in [2.45, 2.75) is 37.9 Å². The number of hydrogen-bond donors (Lipinski definition) is 1. The highest BCUT2D eigenvalue weighted by atomic mass is 32.1. The molecule has 2 unspecified atom stereocenters. The quantitative estimate of drug-likeness (QED) is 0.942. The van der Waals surface area contributed by atoms with E-state index in [0.29, 0.717) is 12.0 Å². The van der Waals surface area contributed by atoms with Gasteiger partial charge < -0.3 is 5.32 Å². The lowest BCUT2D eigenvalue weighted by Crippen LogP contribution is -2.47. The lowest BCUT2D eigenvalue weighted by molar-refractivity contribution is -0.123. The zero-order valence-corrected chi connectivity index (χ0v) is 13.0. The lowest BCUT2D eigenvalue weighted by Gasteiger charge is -2.33. The average molecular weight is 314 g/mol. The fourth-order valence-electron chi connectivity index (χ4n) is 3.81. The van der Waals surface area contributed by atoms with Crippen LogP contribution in [0, 0.1) is 5.92 Å². The van der Waals surface area contributed by atoms with Crippen LogP contribution in [0.1, 0.15) is 24.3 Å². The Bertz CT molecular complexity index is 645. The molecule has 2 bridgehead atoms. The van der Waals surface area contributed by atoms with Gasteiger partial charge in [0.2, 0.25) is 5.91 Å². The molecule has 1 saturated carbocycles. The number of nitrogens with one attached hydrogen (secondary N) is 1. The number of aromatic nitrogens is 2. The van der Waals surface area contributed by atoms with E-state index in [4.69, 9.17) is 0 Å². The number of carbonyl (C=O) groups excluding carboxylic acids is 1. The zero-order chi connectivity index (χ0) is 14.9. The Morgan fingerprint density at radius 2 is 2.36 bits per heavy atom. The third-order valence-electron chi connectivity index (χ3n) is 4.72. The molecular weight excluding hydrogens is 296 g/mol. The Morgan fingerprint density at radius 3 is 3.14 bits per heavy atom. The van der Waals surface area contributed by atoms with Crippen molar-refractivity contribution in [3.05, 3.63) is 41.1 Å². The van der Waals surface area contributed by atoms with Crippen molar-refractivity contribution in [2.24, 2.45) is 5.92 Å². The SMILES string of the molecule is O=C(Nc1cccnc1)[C@@H]1C2CCC(C2)N1Cc1nccs1. The summed E-state index contributed by atoms with van der Waals surface area (Å²) in [6, 6.07) is 4.20. The highest BCUT2D eigenvalue weighted by molar-refractivity contribution is 7.09. The normalized spacial score (nSPS) is 27.2. The Hall–Kier alpha value is -1.79. The van der Waals surface area contributed by atoms with Crippen molar-refractivity contribution < 1.29 is 4.79 Å². The Balaban J connectivity index is 1.52. The number of nitrogens with zero attached hydrogens (tertiary/aromatic N) is 3. The number of hydrogen-bond acceptors (Lipinski definition) is 5. The largest absolute Gasteiger partial charge is 0.323 e. The molecule has 2 aliphatic rings. The average Bonchev–Trinajstić information content (AvgIpc) is 3.25. The Morgan fingerprint density at radius 1 is 1.41 bits per heavy atom. The number of amides is 1. The van der Waals surface area contributed by atoms with Crippen LogP contribution in [-0.4, -0.2) is 32.9 Å². The minimum absolute atomic E-state index is 0.0390. The molecule has 5 nitrogen and oxygen atoms in total. The fraction of sp³-hybridized carbons (Fsp3) is 0.438. The molecule has 1 amide bonds. The van der Waals surface area contributed by atoms with E-state index in [1.54, 1.807) is 23.7 Å². The number of pyridine rings is 1. The molecule has 4 rings (SSSR count). The number of anilines is 1. The number of fused-ring (bicyclic) bond motifs is 2. The van der Waals surface area contributed by atoms with Crippen LogP contribution in [-0.2, 0) is 11.3 Å². The lowest BCUT2D eigenvalue weighted by atomic mass is 9.98. The van der Waals surface area contributed by atoms with Gasteiger partial charge in [-0.3, -0.25) is 14.7 Å². The van der Waals surface area contributed by atoms with Crippen molar-refractivity contribution in [3.63, 3.8) is 0 Å². The summed E-state index contributed by atoms with van der Waals surface area (Å²) in [5.41, 5.74) is 0.768. The van der Waals surface area contributed by atoms with E-state index < -0.39 is 0 Å². The molecule has 22 heavy (non-hydrogen) atoms. The standard InChI is InChI=1S/C16H18N4OS/c21-16(19-12-2-1-5-17-9-12)15-11-3-4-13(8-11)20(15)10-14-18-6-7-22-14/h1-2,5-7,9,11,13,15H,3-4,8,10H2,(H,19,21)/t11?,13?,15-/m0/s1. The maximum Gasteiger partial charge on any atom is 0.242 e. The van der Waals surface area contributed by atoms with Gasteiger partial charge in [-0.25, -0.2) is 4.98 Å². The summed E-state index contributed by atoms with van der Waals surface area (Å²) >= 11 is 1.66. The van der Waals surface area contributed by atoms with Crippen LogP contribution >= 0.6 is 11.3 Å². The fourth-order valence-corrected chi connectivity index (χ4v) is 4.43. The summed E-state index contributed by atoms with van der Waals surface area (Å²) in [7, 11) is 0. The Labute approximate surface area is 133 Å². The van der Waals surface area contributed by atoms with Crippen LogP contribution in [0.2, 0.25) is 0 Å². The molecule has 1 saturated heterocycles. The number of thiazole rings is 1. The number of likely N-dealkylation sites (tertiary alicyclic amines) is 1. The van der Waals surface area contributed by atoms with Crippen molar-refractivity contribution in [1.82, 2.24) is 14.9 Å². The first-order valence-corrected chi connectivity index (χ1v) is 8.54. The molecule has 1 N–H and O–H groups in total. The minimum Gasteiger partial charge on any atom is -0.323 e. The molecule has 6 heteroatoms. The number of piperidine rings is 1. The molecule has 0 radical (unpaired) electrons. The van der Waals surface area contributed by atoms with Gasteiger partial charge in [-0.05, 0) is 37.3 Å². The molecular formula is C16H18N4OS. The summed E-state index contributed by atoms with van der Waals surface area (Å²) in [6.07, 6.45) is 8.73. The first kappa shape index (κ1) is 13.8. The second kappa shape index (κ2) is 5.78. The van der Waals surface area contributed by atoms with Crippen molar-refractivity contribution in [3.8, 4) is 0 Å². The topological polar surface area (TPSA) is 58.1 Å². The predicted molar refractivity (Wildman–Crippen MR) is 85.4 cm³/mol. The van der Waals surface area contributed by atoms with Gasteiger partial charge in [0.25, 0.3) is 0 Å². The van der Waals surface area contributed by atoms with E-state index in [-0.39, 0.29) is 11.9 Å². The van der Waals surface area contributed by atoms with Crippen LogP contribution in [0.25, 0.3) is 0 Å². The maximum atomic E-state index is 12.7. The zero-order valence-electron chi connectivity index (χ0n) is 12.2. The van der Waals surface area contributed by atoms with Gasteiger partial charge in [0, 0.05) is 23.8 Å². The monoisotopic (exact) mass is 314 g/mol. The summed E-state index contributed by atoms with van der Waals surface area (Å²) in [5.74, 6) is 0.568. The summed E-state index contributed by atoms with van der Waals surface area (Å²) < 4.78 is 0. The summed E-state index contributed by atoms with van der Waals surface area (Å²) in [4.78, 5) is 23.5. The van der Waals surface area contributed by atoms with E-state index in [2.05, 4.69) is 20.2 Å². The van der Waals surface area contributed by atoms with Gasteiger partial charge in [-0.1, -0.05) is 0 Å². The molecule has 2 aromatic heterocycles. The smallest absolute Gasteiger partial charge is 0.242 e. The van der Waals surface area contributed by atoms with Crippen LogP contribution < -0.4 is 5.32 Å². The summed E-state index contributed by atoms with van der Waals surface area (Å²) in [5, 5.41) is 6.10. The van der Waals surface area contributed by atoms with Crippen molar-refractivity contribution in [2.75, 3.05) is 5.32 Å². The third kappa shape index (κ3) is 2.53. The number of carbonyl (C=O) groups is 1. The van der Waals surface area contributed by atoms with Crippen LogP contribution in [0.4, 0.5) is 5.69 Å². The van der Waals surface area contributed by atoms with E-state index in [1.807, 2.05) is 23.7 Å². The van der Waals surface area contributed by atoms with Gasteiger partial charge in [-0.2, -0.15) is 0 Å². The van der Waals surface area contributed by atoms with Gasteiger partial charge in [-0.15, -0.1) is 11.3 Å².